The number of hydrogen-bond donors (Lipinski definition) is 4. The van der Waals surface area contributed by atoms with Crippen LogP contribution in [0, 0.1) is 0 Å². The largest absolute Gasteiger partial charge is 0.417 e. The van der Waals surface area contributed by atoms with Gasteiger partial charge < -0.3 is 15.1 Å². The lowest BCUT2D eigenvalue weighted by molar-refractivity contribution is -0.115. The Morgan fingerprint density at radius 1 is 1.14 bits per heavy atom. The normalized spacial score (nSPS) is 11.3. The van der Waals surface area contributed by atoms with Crippen molar-refractivity contribution in [1.29, 1.82) is 0 Å². The van der Waals surface area contributed by atoms with Gasteiger partial charge in [0.1, 0.15) is 0 Å². The molecule has 146 valence electrons. The summed E-state index contributed by atoms with van der Waals surface area (Å²) in [5.41, 5.74) is 1.15. The number of amides is 2. The molecule has 0 aliphatic carbocycles. The Balaban J connectivity index is 1.67. The molecule has 0 fully saturated rings. The maximum atomic E-state index is 12.4. The van der Waals surface area contributed by atoms with Crippen LogP contribution in [0.25, 0.3) is 11.1 Å². The molecule has 28 heavy (non-hydrogen) atoms. The van der Waals surface area contributed by atoms with Gasteiger partial charge in [-0.25, -0.2) is 17.9 Å². The number of fused-ring (bicyclic) bond motifs is 1. The Labute approximate surface area is 159 Å². The van der Waals surface area contributed by atoms with Gasteiger partial charge in [0.15, 0.2) is 5.58 Å². The van der Waals surface area contributed by atoms with E-state index < -0.39 is 28.2 Å². The van der Waals surface area contributed by atoms with E-state index in [1.807, 2.05) is 0 Å². The van der Waals surface area contributed by atoms with Crippen LogP contribution < -0.4 is 21.1 Å². The Morgan fingerprint density at radius 3 is 2.68 bits per heavy atom. The number of aromatic amines is 1. The van der Waals surface area contributed by atoms with E-state index in [4.69, 9.17) is 4.42 Å². The van der Waals surface area contributed by atoms with E-state index in [1.54, 1.807) is 18.2 Å². The number of benzene rings is 2. The first-order chi connectivity index (χ1) is 13.3. The number of carbonyl (C=O) groups is 2. The van der Waals surface area contributed by atoms with Crippen LogP contribution in [0.1, 0.15) is 10.4 Å². The summed E-state index contributed by atoms with van der Waals surface area (Å²) in [6.07, 6.45) is 0. The Bertz CT molecular complexity index is 1210. The molecular weight excluding hydrogens is 388 g/mol. The van der Waals surface area contributed by atoms with Crippen LogP contribution in [0.4, 0.5) is 5.69 Å². The lowest BCUT2D eigenvalue weighted by Gasteiger charge is -2.09. The molecule has 0 atom stereocenters. The fraction of sp³-hybridized carbons (Fsp3) is 0.118. The standard InChI is InChI=1S/C17H16N4O6S/c1-18-16(23)10-3-2-4-11(7-10)20-15(22)9-19-28(25,26)12-5-6-14-13(8-12)21-17(24)27-14/h2-8,19H,9H2,1H3,(H,18,23)(H,20,22)(H,21,24). The minimum Gasteiger partial charge on any atom is -0.408 e. The van der Waals surface area contributed by atoms with E-state index >= 15 is 0 Å². The van der Waals surface area contributed by atoms with E-state index in [-0.39, 0.29) is 21.9 Å². The van der Waals surface area contributed by atoms with Crippen LogP contribution in [-0.2, 0) is 14.8 Å². The summed E-state index contributed by atoms with van der Waals surface area (Å²) in [5.74, 6) is -1.63. The van der Waals surface area contributed by atoms with Crippen molar-refractivity contribution >= 4 is 38.6 Å². The molecule has 3 rings (SSSR count). The second kappa shape index (κ2) is 7.66. The number of rotatable bonds is 6. The van der Waals surface area contributed by atoms with Gasteiger partial charge in [0, 0.05) is 18.3 Å². The molecule has 1 aromatic heterocycles. The molecule has 0 aliphatic rings. The molecule has 1 heterocycles. The van der Waals surface area contributed by atoms with E-state index in [1.165, 1.54) is 31.3 Å². The van der Waals surface area contributed by atoms with E-state index in [9.17, 15) is 22.8 Å². The molecule has 0 spiro atoms. The van der Waals surface area contributed by atoms with Crippen LogP contribution in [-0.4, -0.2) is 38.8 Å². The smallest absolute Gasteiger partial charge is 0.408 e. The molecule has 2 amide bonds. The summed E-state index contributed by atoms with van der Waals surface area (Å²) in [6.45, 7) is -0.521. The molecule has 0 radical (unpaired) electrons. The number of carbonyl (C=O) groups excluding carboxylic acids is 2. The highest BCUT2D eigenvalue weighted by molar-refractivity contribution is 7.89. The molecule has 2 aromatic carbocycles. The maximum absolute atomic E-state index is 12.4. The maximum Gasteiger partial charge on any atom is 0.417 e. The summed E-state index contributed by atoms with van der Waals surface area (Å²) in [4.78, 5) is 37.1. The number of H-pyrrole nitrogens is 1. The zero-order valence-corrected chi connectivity index (χ0v) is 15.4. The van der Waals surface area contributed by atoms with E-state index in [2.05, 4.69) is 20.3 Å². The number of oxazole rings is 1. The quantitative estimate of drug-likeness (QED) is 0.467. The van der Waals surface area contributed by atoms with Crippen LogP contribution in [0.15, 0.2) is 56.6 Å². The van der Waals surface area contributed by atoms with Gasteiger partial charge in [-0.1, -0.05) is 6.07 Å². The zero-order valence-electron chi connectivity index (χ0n) is 14.6. The van der Waals surface area contributed by atoms with E-state index in [0.29, 0.717) is 11.3 Å². The monoisotopic (exact) mass is 404 g/mol. The highest BCUT2D eigenvalue weighted by atomic mass is 32.2. The van der Waals surface area contributed by atoms with Gasteiger partial charge in [0.2, 0.25) is 15.9 Å². The van der Waals surface area contributed by atoms with E-state index in [0.717, 1.165) is 0 Å². The van der Waals surface area contributed by atoms with Gasteiger partial charge in [0.05, 0.1) is 17.0 Å². The summed E-state index contributed by atoms with van der Waals surface area (Å²) in [5, 5.41) is 4.98. The molecule has 4 N–H and O–H groups in total. The first-order valence-electron chi connectivity index (χ1n) is 8.03. The van der Waals surface area contributed by atoms with Crippen molar-refractivity contribution in [3.05, 3.63) is 58.6 Å². The number of sulfonamides is 1. The van der Waals surface area contributed by atoms with Gasteiger partial charge in [0.25, 0.3) is 5.91 Å². The average molecular weight is 404 g/mol. The molecule has 0 bridgehead atoms. The van der Waals surface area contributed by atoms with Crippen molar-refractivity contribution < 1.29 is 22.4 Å². The molecule has 0 unspecified atom stereocenters. The van der Waals surface area contributed by atoms with Gasteiger partial charge in [-0.15, -0.1) is 0 Å². The third-order valence-corrected chi connectivity index (χ3v) is 5.16. The predicted octanol–water partition coefficient (Wildman–Crippen LogP) is 0.398. The summed E-state index contributed by atoms with van der Waals surface area (Å²) < 4.78 is 31.7. The van der Waals surface area contributed by atoms with Crippen LogP contribution >= 0.6 is 0 Å². The first-order valence-corrected chi connectivity index (χ1v) is 9.51. The summed E-state index contributed by atoms with van der Waals surface area (Å²) in [7, 11) is -2.51. The fourth-order valence-electron chi connectivity index (χ4n) is 2.43. The highest BCUT2D eigenvalue weighted by Gasteiger charge is 2.17. The molecule has 11 heteroatoms. The second-order valence-corrected chi connectivity index (χ2v) is 7.47. The Kier molecular flexibility index (Phi) is 5.29. The average Bonchev–Trinajstić information content (AvgIpc) is 3.05. The Hall–Kier alpha value is -3.44. The number of anilines is 1. The van der Waals surface area contributed by atoms with Crippen molar-refractivity contribution in [2.75, 3.05) is 18.9 Å². The topological polar surface area (TPSA) is 150 Å². The minimum atomic E-state index is -3.99. The fourth-order valence-corrected chi connectivity index (χ4v) is 3.44. The molecule has 10 nitrogen and oxygen atoms in total. The van der Waals surface area contributed by atoms with Gasteiger partial charge in [-0.05, 0) is 36.4 Å². The number of aromatic nitrogens is 1. The van der Waals surface area contributed by atoms with Crippen molar-refractivity contribution in [1.82, 2.24) is 15.0 Å². The molecule has 0 saturated carbocycles. The highest BCUT2D eigenvalue weighted by Crippen LogP contribution is 2.16. The molecule has 3 aromatic rings. The van der Waals surface area contributed by atoms with Crippen LogP contribution in [0.5, 0.6) is 0 Å². The summed E-state index contributed by atoms with van der Waals surface area (Å²) in [6, 6.07) is 10.0. The SMILES string of the molecule is CNC(=O)c1cccc(NC(=O)CNS(=O)(=O)c2ccc3oc(=O)[nH]c3c2)c1. The van der Waals surface area contributed by atoms with Crippen molar-refractivity contribution in [3.8, 4) is 0 Å². The second-order valence-electron chi connectivity index (χ2n) is 5.71. The third-order valence-electron chi connectivity index (χ3n) is 3.76. The molecule has 0 aliphatic heterocycles. The van der Waals surface area contributed by atoms with Crippen molar-refractivity contribution in [2.24, 2.45) is 0 Å². The van der Waals surface area contributed by atoms with Gasteiger partial charge >= 0.3 is 5.76 Å². The van der Waals surface area contributed by atoms with Crippen LogP contribution in [0.3, 0.4) is 0 Å². The van der Waals surface area contributed by atoms with Crippen LogP contribution in [0.2, 0.25) is 0 Å². The van der Waals surface area contributed by atoms with Gasteiger partial charge in [-0.2, -0.15) is 0 Å². The molecular formula is C17H16N4O6S. The Morgan fingerprint density at radius 2 is 1.93 bits per heavy atom. The number of nitrogens with one attached hydrogen (secondary N) is 4. The minimum absolute atomic E-state index is 0.133. The third kappa shape index (κ3) is 4.27. The van der Waals surface area contributed by atoms with Crippen molar-refractivity contribution in [2.45, 2.75) is 4.90 Å². The number of hydrogen-bond acceptors (Lipinski definition) is 6. The predicted molar refractivity (Wildman–Crippen MR) is 100 cm³/mol. The van der Waals surface area contributed by atoms with Crippen molar-refractivity contribution in [3.63, 3.8) is 0 Å². The lowest BCUT2D eigenvalue weighted by Crippen LogP contribution is -2.33. The summed E-state index contributed by atoms with van der Waals surface area (Å²) >= 11 is 0. The first kappa shape index (κ1) is 19.3. The molecule has 0 saturated heterocycles. The van der Waals surface area contributed by atoms with Gasteiger partial charge in [-0.3, -0.25) is 14.6 Å². The zero-order chi connectivity index (χ0) is 20.3. The lowest BCUT2D eigenvalue weighted by atomic mass is 10.2.